The van der Waals surface area contributed by atoms with Crippen LogP contribution in [0, 0.1) is 0 Å². The van der Waals surface area contributed by atoms with Crippen molar-refractivity contribution in [3.63, 3.8) is 0 Å². The van der Waals surface area contributed by atoms with Crippen LogP contribution in [0.4, 0.5) is 4.39 Å². The Kier molecular flexibility index (Phi) is 3.70. The van der Waals surface area contributed by atoms with Gasteiger partial charge in [0, 0.05) is 6.42 Å². The molecule has 1 fully saturated rings. The Labute approximate surface area is 106 Å². The van der Waals surface area contributed by atoms with Gasteiger partial charge in [0.2, 0.25) is 0 Å². The van der Waals surface area contributed by atoms with Gasteiger partial charge in [-0.1, -0.05) is 30.3 Å². The first-order chi connectivity index (χ1) is 8.41. The second-order valence-electron chi connectivity index (χ2n) is 4.57. The molecule has 1 N–H and O–H groups in total. The van der Waals surface area contributed by atoms with E-state index in [1.165, 1.54) is 0 Å². The van der Waals surface area contributed by atoms with Crippen LogP contribution in [0.15, 0.2) is 30.3 Å². The van der Waals surface area contributed by atoms with Gasteiger partial charge in [-0.2, -0.15) is 8.42 Å². The third kappa shape index (κ3) is 3.07. The van der Waals surface area contributed by atoms with Crippen molar-refractivity contribution in [3.05, 3.63) is 35.9 Å². The first-order valence-corrected chi connectivity index (χ1v) is 7.15. The van der Waals surface area contributed by atoms with E-state index in [-0.39, 0.29) is 6.42 Å². The molecular weight excluding hydrogens is 259 g/mol. The Morgan fingerprint density at radius 2 is 2.00 bits per heavy atom. The highest BCUT2D eigenvalue weighted by Crippen LogP contribution is 2.42. The van der Waals surface area contributed by atoms with Gasteiger partial charge in [-0.3, -0.25) is 4.55 Å². The molecule has 4 nitrogen and oxygen atoms in total. The molecule has 2 atom stereocenters. The predicted molar refractivity (Wildman–Crippen MR) is 64.1 cm³/mol. The Morgan fingerprint density at radius 3 is 2.56 bits per heavy atom. The minimum atomic E-state index is -4.62. The van der Waals surface area contributed by atoms with E-state index in [4.69, 9.17) is 8.74 Å². The highest BCUT2D eigenvalue weighted by Gasteiger charge is 2.42. The fourth-order valence-corrected chi connectivity index (χ4v) is 3.15. The lowest BCUT2D eigenvalue weighted by atomic mass is 9.79. The smallest absolute Gasteiger partial charge is 0.264 e. The van der Waals surface area contributed by atoms with E-state index in [1.807, 2.05) is 0 Å². The molecule has 2 unspecified atom stereocenters. The number of hydrogen-bond donors (Lipinski definition) is 1. The van der Waals surface area contributed by atoms with Gasteiger partial charge in [-0.25, -0.2) is 8.57 Å². The van der Waals surface area contributed by atoms with Gasteiger partial charge in [-0.05, 0) is 24.8 Å². The van der Waals surface area contributed by atoms with Gasteiger partial charge in [-0.15, -0.1) is 0 Å². The van der Waals surface area contributed by atoms with Crippen molar-refractivity contribution in [3.8, 4) is 0 Å². The molecular formula is C12H15FO4S. The normalized spacial score (nSPS) is 29.1. The largest absolute Gasteiger partial charge is 0.398 e. The molecule has 0 aromatic heterocycles. The molecule has 2 rings (SSSR count). The van der Waals surface area contributed by atoms with Crippen molar-refractivity contribution in [1.82, 2.24) is 0 Å². The van der Waals surface area contributed by atoms with Crippen LogP contribution in [-0.2, 0) is 20.2 Å². The Hall–Kier alpha value is -0.980. The summed E-state index contributed by atoms with van der Waals surface area (Å²) in [7, 11) is -4.62. The molecule has 1 aliphatic carbocycles. The fourth-order valence-electron chi connectivity index (χ4n) is 2.50. The first-order valence-electron chi connectivity index (χ1n) is 5.79. The van der Waals surface area contributed by atoms with Crippen LogP contribution >= 0.6 is 0 Å². The van der Waals surface area contributed by atoms with E-state index >= 15 is 0 Å². The van der Waals surface area contributed by atoms with Crippen molar-refractivity contribution < 1.29 is 21.5 Å². The zero-order valence-electron chi connectivity index (χ0n) is 9.75. The molecule has 0 saturated heterocycles. The molecule has 1 aliphatic rings. The van der Waals surface area contributed by atoms with Crippen LogP contribution in [0.25, 0.3) is 0 Å². The molecule has 1 aromatic carbocycles. The molecule has 0 spiro atoms. The second kappa shape index (κ2) is 4.95. The lowest BCUT2D eigenvalue weighted by Crippen LogP contribution is -2.38. The molecule has 6 heteroatoms. The molecule has 1 aromatic rings. The summed E-state index contributed by atoms with van der Waals surface area (Å²) in [5, 5.41) is 0. The lowest BCUT2D eigenvalue weighted by molar-refractivity contribution is -0.00760. The predicted octanol–water partition coefficient (Wildman–Crippen LogP) is 2.61. The number of halogens is 1. The molecule has 100 valence electrons. The van der Waals surface area contributed by atoms with E-state index in [9.17, 15) is 12.8 Å². The number of rotatable bonds is 3. The molecule has 1 saturated carbocycles. The maximum absolute atomic E-state index is 13.6. The number of hydrogen-bond acceptors (Lipinski definition) is 3. The van der Waals surface area contributed by atoms with Gasteiger partial charge in [0.05, 0.1) is 0 Å². The maximum Gasteiger partial charge on any atom is 0.398 e. The maximum atomic E-state index is 13.6. The Morgan fingerprint density at radius 1 is 1.33 bits per heavy atom. The van der Waals surface area contributed by atoms with E-state index in [0.717, 1.165) is 0 Å². The summed E-state index contributed by atoms with van der Waals surface area (Å²) < 4.78 is 49.3. The standard InChI is InChI=1S/C12H15FO4S/c13-11-7-4-8-12(9-11,17-18(14,15)16)10-5-2-1-3-6-10/h1-3,5-6,11H,4,7-9H2,(H,14,15,16). The van der Waals surface area contributed by atoms with Crippen molar-refractivity contribution in [2.24, 2.45) is 0 Å². The third-order valence-electron chi connectivity index (χ3n) is 3.21. The summed E-state index contributed by atoms with van der Waals surface area (Å²) in [6, 6.07) is 8.60. The average Bonchev–Trinajstić information content (AvgIpc) is 2.28. The molecule has 18 heavy (non-hydrogen) atoms. The van der Waals surface area contributed by atoms with Crippen LogP contribution in [0.3, 0.4) is 0 Å². The van der Waals surface area contributed by atoms with Crippen molar-refractivity contribution >= 4 is 10.4 Å². The highest BCUT2D eigenvalue weighted by molar-refractivity contribution is 7.80. The van der Waals surface area contributed by atoms with Crippen molar-refractivity contribution in [1.29, 1.82) is 0 Å². The van der Waals surface area contributed by atoms with Gasteiger partial charge < -0.3 is 0 Å². The topological polar surface area (TPSA) is 63.6 Å². The van der Waals surface area contributed by atoms with Crippen LogP contribution in [0.2, 0.25) is 0 Å². The zero-order chi connectivity index (χ0) is 13.2. The minimum absolute atomic E-state index is 0.0587. The van der Waals surface area contributed by atoms with E-state index in [0.29, 0.717) is 24.8 Å². The number of benzene rings is 1. The summed E-state index contributed by atoms with van der Waals surface area (Å²) in [6.45, 7) is 0. The lowest BCUT2D eigenvalue weighted by Gasteiger charge is -2.37. The average molecular weight is 274 g/mol. The monoisotopic (exact) mass is 274 g/mol. The van der Waals surface area contributed by atoms with Crippen molar-refractivity contribution in [2.45, 2.75) is 37.5 Å². The SMILES string of the molecule is O=S(=O)(O)OC1(c2ccccc2)CCCC(F)C1. The summed E-state index contributed by atoms with van der Waals surface area (Å²) in [5.41, 5.74) is -0.711. The first kappa shape index (κ1) is 13.5. The van der Waals surface area contributed by atoms with Gasteiger partial charge in [0.15, 0.2) is 0 Å². The van der Waals surface area contributed by atoms with Crippen molar-refractivity contribution in [2.75, 3.05) is 0 Å². The molecule has 0 radical (unpaired) electrons. The molecule has 0 aliphatic heterocycles. The summed E-state index contributed by atoms with van der Waals surface area (Å²) in [4.78, 5) is 0. The van der Waals surface area contributed by atoms with Crippen LogP contribution in [-0.4, -0.2) is 19.1 Å². The second-order valence-corrected chi connectivity index (χ2v) is 5.59. The van der Waals surface area contributed by atoms with Gasteiger partial charge in [0.1, 0.15) is 11.8 Å². The van der Waals surface area contributed by atoms with Crippen LogP contribution in [0.1, 0.15) is 31.2 Å². The van der Waals surface area contributed by atoms with E-state index in [1.54, 1.807) is 30.3 Å². The van der Waals surface area contributed by atoms with E-state index in [2.05, 4.69) is 0 Å². The van der Waals surface area contributed by atoms with Gasteiger partial charge >= 0.3 is 10.4 Å². The summed E-state index contributed by atoms with van der Waals surface area (Å²) in [5.74, 6) is 0. The Balaban J connectivity index is 2.39. The van der Waals surface area contributed by atoms with Gasteiger partial charge in [0.25, 0.3) is 0 Å². The minimum Gasteiger partial charge on any atom is -0.264 e. The fraction of sp³-hybridized carbons (Fsp3) is 0.500. The molecule has 0 bridgehead atoms. The molecule has 0 heterocycles. The van der Waals surface area contributed by atoms with Crippen LogP contribution in [0.5, 0.6) is 0 Å². The number of alkyl halides is 1. The third-order valence-corrected chi connectivity index (χ3v) is 3.74. The Bertz CT molecular complexity index is 502. The zero-order valence-corrected chi connectivity index (χ0v) is 10.6. The van der Waals surface area contributed by atoms with E-state index < -0.39 is 22.2 Å². The summed E-state index contributed by atoms with van der Waals surface area (Å²) >= 11 is 0. The highest BCUT2D eigenvalue weighted by atomic mass is 32.3. The van der Waals surface area contributed by atoms with Crippen LogP contribution < -0.4 is 0 Å². The quantitative estimate of drug-likeness (QED) is 0.861. The summed E-state index contributed by atoms with van der Waals surface area (Å²) in [6.07, 6.45) is 0.101. The molecule has 0 amide bonds.